The molecule has 7 nitrogen and oxygen atoms in total. The fourth-order valence-electron chi connectivity index (χ4n) is 2.56. The van der Waals surface area contributed by atoms with E-state index in [4.69, 9.17) is 4.74 Å². The lowest BCUT2D eigenvalue weighted by atomic mass is 10.0. The molecule has 1 aliphatic rings. The third-order valence-electron chi connectivity index (χ3n) is 3.72. The molecule has 0 bridgehead atoms. The Hall–Kier alpha value is -2.46. The van der Waals surface area contributed by atoms with E-state index in [1.807, 2.05) is 13.0 Å². The van der Waals surface area contributed by atoms with Gasteiger partial charge in [-0.3, -0.25) is 5.10 Å². The molecule has 2 aromatic heterocycles. The summed E-state index contributed by atoms with van der Waals surface area (Å²) in [5.74, 6) is 1.64. The molecule has 1 aliphatic heterocycles. The Labute approximate surface area is 122 Å². The number of hydrogen-bond donors (Lipinski definition) is 2. The van der Waals surface area contributed by atoms with Crippen molar-refractivity contribution in [3.63, 3.8) is 0 Å². The third-order valence-corrected chi connectivity index (χ3v) is 3.72. The Kier molecular flexibility index (Phi) is 3.79. The molecule has 2 atom stereocenters. The number of anilines is 1. The standard InChI is InChI=1S/C14H16N6O/c1-9-2-4-16-13(11(9)6-15)17-7-10-3-5-21-12(10)14-18-8-19-20-14/h2,4,8,10,12H,3,5,7H2,1H3,(H,16,17)(H,18,19,20)/t10-,12-/m0/s1. The normalized spacial score (nSPS) is 21.1. The number of nitrogens with one attached hydrogen (secondary N) is 2. The van der Waals surface area contributed by atoms with Gasteiger partial charge in [-0.1, -0.05) is 0 Å². The molecule has 0 saturated carbocycles. The summed E-state index contributed by atoms with van der Waals surface area (Å²) >= 11 is 0. The Morgan fingerprint density at radius 2 is 2.43 bits per heavy atom. The second-order valence-corrected chi connectivity index (χ2v) is 5.06. The molecular weight excluding hydrogens is 268 g/mol. The van der Waals surface area contributed by atoms with Crippen molar-refractivity contribution in [3.8, 4) is 6.07 Å². The van der Waals surface area contributed by atoms with Gasteiger partial charge in [-0.05, 0) is 25.0 Å². The van der Waals surface area contributed by atoms with Crippen molar-refractivity contribution in [1.29, 1.82) is 5.26 Å². The fourth-order valence-corrected chi connectivity index (χ4v) is 2.56. The molecule has 1 fully saturated rings. The van der Waals surface area contributed by atoms with Crippen LogP contribution in [0.4, 0.5) is 5.82 Å². The van der Waals surface area contributed by atoms with Gasteiger partial charge in [0.15, 0.2) is 5.82 Å². The number of aromatic nitrogens is 4. The number of nitriles is 1. The summed E-state index contributed by atoms with van der Waals surface area (Å²) in [7, 11) is 0. The van der Waals surface area contributed by atoms with E-state index < -0.39 is 0 Å². The summed E-state index contributed by atoms with van der Waals surface area (Å²) in [6.45, 7) is 3.28. The summed E-state index contributed by atoms with van der Waals surface area (Å²) in [5.41, 5.74) is 1.51. The van der Waals surface area contributed by atoms with E-state index in [2.05, 4.69) is 31.6 Å². The quantitative estimate of drug-likeness (QED) is 0.884. The maximum atomic E-state index is 9.22. The van der Waals surface area contributed by atoms with Crippen LogP contribution >= 0.6 is 0 Å². The highest BCUT2D eigenvalue weighted by Gasteiger charge is 2.31. The molecule has 0 radical (unpaired) electrons. The molecule has 0 aliphatic carbocycles. The molecule has 2 aromatic rings. The topological polar surface area (TPSA) is 99.5 Å². The van der Waals surface area contributed by atoms with Crippen molar-refractivity contribution in [2.75, 3.05) is 18.5 Å². The number of ether oxygens (including phenoxy) is 1. The van der Waals surface area contributed by atoms with E-state index in [9.17, 15) is 5.26 Å². The van der Waals surface area contributed by atoms with Crippen LogP contribution in [0.5, 0.6) is 0 Å². The van der Waals surface area contributed by atoms with Gasteiger partial charge in [0.1, 0.15) is 24.3 Å². The molecule has 0 amide bonds. The van der Waals surface area contributed by atoms with Crippen LogP contribution in [0, 0.1) is 24.2 Å². The zero-order valence-electron chi connectivity index (χ0n) is 11.7. The monoisotopic (exact) mass is 284 g/mol. The summed E-state index contributed by atoms with van der Waals surface area (Å²) < 4.78 is 5.72. The van der Waals surface area contributed by atoms with Crippen LogP contribution in [-0.4, -0.2) is 33.3 Å². The number of aromatic amines is 1. The molecule has 108 valence electrons. The summed E-state index contributed by atoms with van der Waals surface area (Å²) in [5, 5.41) is 19.2. The van der Waals surface area contributed by atoms with Crippen molar-refractivity contribution in [3.05, 3.63) is 35.5 Å². The zero-order chi connectivity index (χ0) is 14.7. The first kappa shape index (κ1) is 13.5. The van der Waals surface area contributed by atoms with E-state index in [1.54, 1.807) is 6.20 Å². The summed E-state index contributed by atoms with van der Waals surface area (Å²) in [4.78, 5) is 8.41. The van der Waals surface area contributed by atoms with E-state index in [0.717, 1.165) is 17.8 Å². The molecule has 21 heavy (non-hydrogen) atoms. The predicted molar refractivity (Wildman–Crippen MR) is 75.4 cm³/mol. The minimum atomic E-state index is -0.0876. The van der Waals surface area contributed by atoms with Gasteiger partial charge in [0.05, 0.1) is 5.56 Å². The summed E-state index contributed by atoms with van der Waals surface area (Å²) in [6, 6.07) is 4.03. The van der Waals surface area contributed by atoms with E-state index >= 15 is 0 Å². The largest absolute Gasteiger partial charge is 0.370 e. The first-order valence-corrected chi connectivity index (χ1v) is 6.86. The third kappa shape index (κ3) is 2.71. The number of pyridine rings is 1. The van der Waals surface area contributed by atoms with Crippen LogP contribution in [0.3, 0.4) is 0 Å². The highest BCUT2D eigenvalue weighted by atomic mass is 16.5. The van der Waals surface area contributed by atoms with Crippen molar-refractivity contribution < 1.29 is 4.74 Å². The fraction of sp³-hybridized carbons (Fsp3) is 0.429. The summed E-state index contributed by atoms with van der Waals surface area (Å²) in [6.07, 6.45) is 4.04. The smallest absolute Gasteiger partial charge is 0.153 e. The first-order valence-electron chi connectivity index (χ1n) is 6.86. The van der Waals surface area contributed by atoms with E-state index in [-0.39, 0.29) is 12.0 Å². The van der Waals surface area contributed by atoms with Crippen LogP contribution in [-0.2, 0) is 4.74 Å². The zero-order valence-corrected chi connectivity index (χ0v) is 11.7. The average molecular weight is 284 g/mol. The van der Waals surface area contributed by atoms with Crippen LogP contribution in [0.25, 0.3) is 0 Å². The highest BCUT2D eigenvalue weighted by molar-refractivity contribution is 5.55. The van der Waals surface area contributed by atoms with Crippen molar-refractivity contribution in [2.45, 2.75) is 19.4 Å². The molecular formula is C14H16N6O. The molecule has 3 rings (SSSR count). The highest BCUT2D eigenvalue weighted by Crippen LogP contribution is 2.32. The lowest BCUT2D eigenvalue weighted by Crippen LogP contribution is -2.20. The van der Waals surface area contributed by atoms with Crippen LogP contribution in [0.1, 0.15) is 29.5 Å². The number of hydrogen-bond acceptors (Lipinski definition) is 6. The minimum Gasteiger partial charge on any atom is -0.370 e. The van der Waals surface area contributed by atoms with Crippen molar-refractivity contribution >= 4 is 5.82 Å². The Balaban J connectivity index is 1.71. The first-order chi connectivity index (χ1) is 10.3. The number of H-pyrrole nitrogens is 1. The van der Waals surface area contributed by atoms with Crippen LogP contribution < -0.4 is 5.32 Å². The van der Waals surface area contributed by atoms with Gasteiger partial charge in [0.25, 0.3) is 0 Å². The molecule has 3 heterocycles. The lowest BCUT2D eigenvalue weighted by molar-refractivity contribution is 0.0864. The van der Waals surface area contributed by atoms with Gasteiger partial charge >= 0.3 is 0 Å². The van der Waals surface area contributed by atoms with E-state index in [0.29, 0.717) is 24.5 Å². The van der Waals surface area contributed by atoms with Gasteiger partial charge in [-0.15, -0.1) is 0 Å². The lowest BCUT2D eigenvalue weighted by Gasteiger charge is -2.17. The average Bonchev–Trinajstić information content (AvgIpc) is 3.15. The van der Waals surface area contributed by atoms with Gasteiger partial charge in [-0.2, -0.15) is 10.4 Å². The molecule has 7 heteroatoms. The Bertz CT molecular complexity index is 648. The minimum absolute atomic E-state index is 0.0876. The molecule has 2 N–H and O–H groups in total. The Morgan fingerprint density at radius 1 is 1.52 bits per heavy atom. The van der Waals surface area contributed by atoms with Crippen molar-refractivity contribution in [1.82, 2.24) is 20.2 Å². The van der Waals surface area contributed by atoms with Gasteiger partial charge in [-0.25, -0.2) is 9.97 Å². The molecule has 0 aromatic carbocycles. The van der Waals surface area contributed by atoms with E-state index in [1.165, 1.54) is 6.33 Å². The molecule has 0 unspecified atom stereocenters. The predicted octanol–water partition coefficient (Wildman–Crippen LogP) is 1.57. The SMILES string of the molecule is Cc1ccnc(NC[C@@H]2CCO[C@@H]2c2ncn[nH]2)c1C#N. The number of aryl methyl sites for hydroxylation is 1. The van der Waals surface area contributed by atoms with Crippen LogP contribution in [0.15, 0.2) is 18.6 Å². The number of rotatable bonds is 4. The maximum Gasteiger partial charge on any atom is 0.153 e. The van der Waals surface area contributed by atoms with Gasteiger partial charge in [0.2, 0.25) is 0 Å². The second-order valence-electron chi connectivity index (χ2n) is 5.06. The second kappa shape index (κ2) is 5.89. The number of nitrogens with zero attached hydrogens (tertiary/aromatic N) is 4. The van der Waals surface area contributed by atoms with Crippen LogP contribution in [0.2, 0.25) is 0 Å². The molecule has 1 saturated heterocycles. The Morgan fingerprint density at radius 3 is 3.19 bits per heavy atom. The van der Waals surface area contributed by atoms with Crippen molar-refractivity contribution in [2.24, 2.45) is 5.92 Å². The van der Waals surface area contributed by atoms with Gasteiger partial charge < -0.3 is 10.1 Å². The molecule has 0 spiro atoms. The van der Waals surface area contributed by atoms with Gasteiger partial charge in [0, 0.05) is 25.3 Å². The maximum absolute atomic E-state index is 9.22.